The third kappa shape index (κ3) is 5.26. The van der Waals surface area contributed by atoms with Crippen molar-refractivity contribution >= 4 is 54.3 Å². The zero-order valence-corrected chi connectivity index (χ0v) is 29.6. The molecular formula is C51H31N3O. The summed E-state index contributed by atoms with van der Waals surface area (Å²) in [4.78, 5) is 15.3. The Kier molecular flexibility index (Phi) is 7.14. The van der Waals surface area contributed by atoms with Crippen LogP contribution in [-0.4, -0.2) is 15.0 Å². The van der Waals surface area contributed by atoms with Gasteiger partial charge in [-0.1, -0.05) is 158 Å². The van der Waals surface area contributed by atoms with E-state index in [4.69, 9.17) is 19.4 Å². The van der Waals surface area contributed by atoms with E-state index in [1.165, 1.54) is 10.8 Å². The molecule has 0 aliphatic rings. The summed E-state index contributed by atoms with van der Waals surface area (Å²) < 4.78 is 6.82. The number of fused-ring (bicyclic) bond motifs is 6. The average molecular weight is 702 g/mol. The number of nitrogens with zero attached hydrogens (tertiary/aromatic N) is 3. The predicted octanol–water partition coefficient (Wildman–Crippen LogP) is 13.6. The fraction of sp³-hybridized carbons (Fsp3) is 0. The highest BCUT2D eigenvalue weighted by Gasteiger charge is 2.21. The van der Waals surface area contributed by atoms with E-state index >= 15 is 0 Å². The van der Waals surface area contributed by atoms with Gasteiger partial charge in [0.25, 0.3) is 0 Å². The molecule has 0 saturated carbocycles. The van der Waals surface area contributed by atoms with E-state index in [2.05, 4.69) is 152 Å². The number of aromatic nitrogens is 3. The second kappa shape index (κ2) is 12.6. The van der Waals surface area contributed by atoms with Crippen molar-refractivity contribution < 1.29 is 4.42 Å². The number of hydrogen-bond acceptors (Lipinski definition) is 4. The zero-order valence-electron chi connectivity index (χ0n) is 29.6. The molecule has 0 bridgehead atoms. The number of benzene rings is 9. The Morgan fingerprint density at radius 2 is 0.836 bits per heavy atom. The van der Waals surface area contributed by atoms with Crippen molar-refractivity contribution in [3.05, 3.63) is 188 Å². The molecule has 0 saturated heterocycles. The third-order valence-electron chi connectivity index (χ3n) is 10.7. The summed E-state index contributed by atoms with van der Waals surface area (Å²) in [5.41, 5.74) is 9.01. The summed E-state index contributed by atoms with van der Waals surface area (Å²) >= 11 is 0. The monoisotopic (exact) mass is 701 g/mol. The van der Waals surface area contributed by atoms with Crippen molar-refractivity contribution in [1.29, 1.82) is 0 Å². The maximum absolute atomic E-state index is 6.82. The summed E-state index contributed by atoms with van der Waals surface area (Å²) in [5, 5.41) is 9.02. The Labute approximate surface area is 317 Å². The van der Waals surface area contributed by atoms with Crippen LogP contribution in [-0.2, 0) is 0 Å². The Hall–Kier alpha value is -7.43. The van der Waals surface area contributed by atoms with Crippen LogP contribution in [0.4, 0.5) is 0 Å². The smallest absolute Gasteiger partial charge is 0.164 e. The quantitative estimate of drug-likeness (QED) is 0.179. The molecule has 2 heterocycles. The summed E-state index contributed by atoms with van der Waals surface area (Å²) in [7, 11) is 0. The first kappa shape index (κ1) is 31.1. The highest BCUT2D eigenvalue weighted by Crippen LogP contribution is 2.45. The minimum atomic E-state index is 0.629. The lowest BCUT2D eigenvalue weighted by atomic mass is 9.90. The van der Waals surface area contributed by atoms with Gasteiger partial charge in [-0.2, -0.15) is 0 Å². The van der Waals surface area contributed by atoms with Crippen LogP contribution < -0.4 is 0 Å². The fourth-order valence-electron chi connectivity index (χ4n) is 8.03. The van der Waals surface area contributed by atoms with Crippen LogP contribution in [0.3, 0.4) is 0 Å². The van der Waals surface area contributed by atoms with Gasteiger partial charge in [-0.25, -0.2) is 15.0 Å². The number of rotatable bonds is 5. The minimum absolute atomic E-state index is 0.629. The van der Waals surface area contributed by atoms with Crippen molar-refractivity contribution in [3.63, 3.8) is 0 Å². The van der Waals surface area contributed by atoms with E-state index in [0.717, 1.165) is 82.4 Å². The molecule has 11 aromatic rings. The number of hydrogen-bond donors (Lipinski definition) is 0. The highest BCUT2D eigenvalue weighted by atomic mass is 16.3. The molecule has 0 aliphatic heterocycles. The van der Waals surface area contributed by atoms with Gasteiger partial charge in [-0.05, 0) is 79.3 Å². The third-order valence-corrected chi connectivity index (χ3v) is 10.7. The van der Waals surface area contributed by atoms with Crippen LogP contribution in [0.2, 0.25) is 0 Å². The number of furan rings is 1. The van der Waals surface area contributed by atoms with Crippen molar-refractivity contribution in [3.8, 4) is 56.4 Å². The van der Waals surface area contributed by atoms with Gasteiger partial charge in [-0.3, -0.25) is 0 Å². The van der Waals surface area contributed by atoms with Gasteiger partial charge in [0.1, 0.15) is 11.2 Å². The molecule has 0 aliphatic carbocycles. The van der Waals surface area contributed by atoms with Crippen molar-refractivity contribution in [2.24, 2.45) is 0 Å². The van der Waals surface area contributed by atoms with Crippen LogP contribution in [0.25, 0.3) is 111 Å². The fourth-order valence-corrected chi connectivity index (χ4v) is 8.03. The largest absolute Gasteiger partial charge is 0.455 e. The van der Waals surface area contributed by atoms with Gasteiger partial charge < -0.3 is 4.42 Å². The molecule has 256 valence electrons. The summed E-state index contributed by atoms with van der Waals surface area (Å²) in [6.07, 6.45) is 0. The van der Waals surface area contributed by atoms with Gasteiger partial charge in [0, 0.05) is 33.0 Å². The van der Waals surface area contributed by atoms with E-state index in [1.807, 2.05) is 36.4 Å². The highest BCUT2D eigenvalue weighted by molar-refractivity contribution is 6.21. The van der Waals surface area contributed by atoms with Crippen molar-refractivity contribution in [1.82, 2.24) is 15.0 Å². The van der Waals surface area contributed by atoms with Gasteiger partial charge in [0.15, 0.2) is 17.5 Å². The van der Waals surface area contributed by atoms with Gasteiger partial charge in [0.05, 0.1) is 0 Å². The Morgan fingerprint density at radius 1 is 0.309 bits per heavy atom. The molecule has 0 fully saturated rings. The van der Waals surface area contributed by atoms with E-state index in [9.17, 15) is 0 Å². The first-order valence-electron chi connectivity index (χ1n) is 18.5. The lowest BCUT2D eigenvalue weighted by molar-refractivity contribution is 0.670. The van der Waals surface area contributed by atoms with Crippen molar-refractivity contribution in [2.45, 2.75) is 0 Å². The first-order valence-corrected chi connectivity index (χ1v) is 18.5. The molecule has 0 spiro atoms. The van der Waals surface area contributed by atoms with E-state index in [-0.39, 0.29) is 0 Å². The Morgan fingerprint density at radius 3 is 1.58 bits per heavy atom. The molecule has 0 amide bonds. The zero-order chi connectivity index (χ0) is 36.3. The maximum atomic E-state index is 6.82. The normalized spacial score (nSPS) is 11.6. The molecule has 4 heteroatoms. The van der Waals surface area contributed by atoms with Gasteiger partial charge in [0.2, 0.25) is 0 Å². The van der Waals surface area contributed by atoms with Gasteiger partial charge in [-0.15, -0.1) is 0 Å². The Balaban J connectivity index is 1.15. The molecule has 4 nitrogen and oxygen atoms in total. The van der Waals surface area contributed by atoms with E-state index in [0.29, 0.717) is 17.5 Å². The van der Waals surface area contributed by atoms with Crippen LogP contribution >= 0.6 is 0 Å². The maximum Gasteiger partial charge on any atom is 0.164 e. The molecule has 0 radical (unpaired) electrons. The van der Waals surface area contributed by atoms with E-state index in [1.54, 1.807) is 0 Å². The lowest BCUT2D eigenvalue weighted by Gasteiger charge is -2.14. The SMILES string of the molecule is c1ccc(-c2nc(-c3ccc4ccccc4c3)nc(-c3ccc(-c4ccc(-c5ccccc5)c5oc6cc7ccccc7cc6c45)c4ccccc34)n2)cc1. The first-order chi connectivity index (χ1) is 27.2. The van der Waals surface area contributed by atoms with Crippen molar-refractivity contribution in [2.75, 3.05) is 0 Å². The molecule has 2 aromatic heterocycles. The molecule has 55 heavy (non-hydrogen) atoms. The molecular weight excluding hydrogens is 671 g/mol. The van der Waals surface area contributed by atoms with Crippen LogP contribution in [0.1, 0.15) is 0 Å². The molecule has 0 atom stereocenters. The molecule has 0 N–H and O–H groups in total. The second-order valence-electron chi connectivity index (χ2n) is 14.0. The van der Waals surface area contributed by atoms with E-state index < -0.39 is 0 Å². The Bertz CT molecular complexity index is 3260. The van der Waals surface area contributed by atoms with Crippen LogP contribution in [0, 0.1) is 0 Å². The minimum Gasteiger partial charge on any atom is -0.455 e. The topological polar surface area (TPSA) is 51.8 Å². The molecule has 11 rings (SSSR count). The predicted molar refractivity (Wildman–Crippen MR) is 227 cm³/mol. The van der Waals surface area contributed by atoms with Gasteiger partial charge >= 0.3 is 0 Å². The lowest BCUT2D eigenvalue weighted by Crippen LogP contribution is -2.01. The summed E-state index contributed by atoms with van der Waals surface area (Å²) in [6.45, 7) is 0. The average Bonchev–Trinajstić information content (AvgIpc) is 3.63. The summed E-state index contributed by atoms with van der Waals surface area (Å²) in [5.74, 6) is 1.90. The molecule has 9 aromatic carbocycles. The van der Waals surface area contributed by atoms with Crippen LogP contribution in [0.15, 0.2) is 192 Å². The molecule has 0 unspecified atom stereocenters. The standard InChI is InChI=1S/C51H31N3O/c1-3-14-33(15-4-1)39-25-27-43(47-45-30-36-19-9-10-20-37(36)31-46(45)55-48(39)47)42-26-28-44(41-22-12-11-21-40(41)42)51-53-49(34-16-5-2-6-17-34)52-50(54-51)38-24-23-32-13-7-8-18-35(32)29-38/h1-31H. The second-order valence-corrected chi connectivity index (χ2v) is 14.0. The van der Waals surface area contributed by atoms with Crippen LogP contribution in [0.5, 0.6) is 0 Å². The summed E-state index contributed by atoms with van der Waals surface area (Å²) in [6, 6.07) is 65.7.